The smallest absolute Gasteiger partial charge is 0.411 e. The van der Waals surface area contributed by atoms with Gasteiger partial charge in [0.15, 0.2) is 5.96 Å². The number of thioether (sulfide) groups is 1. The molecule has 0 unspecified atom stereocenters. The van der Waals surface area contributed by atoms with Crippen molar-refractivity contribution in [1.82, 2.24) is 10.6 Å². The van der Waals surface area contributed by atoms with Crippen molar-refractivity contribution in [3.63, 3.8) is 0 Å². The molecule has 2 rings (SSSR count). The summed E-state index contributed by atoms with van der Waals surface area (Å²) >= 11 is 7.64. The Morgan fingerprint density at radius 3 is 2.39 bits per heavy atom. The lowest BCUT2D eigenvalue weighted by Gasteiger charge is -2.12. The molecule has 0 radical (unpaired) electrons. The number of nitrogens with one attached hydrogen (secondary N) is 3. The van der Waals surface area contributed by atoms with Crippen LogP contribution in [-0.2, 0) is 11.3 Å². The highest BCUT2D eigenvalue weighted by Crippen LogP contribution is 2.19. The first-order chi connectivity index (χ1) is 13.1. The largest absolute Gasteiger partial charge is 0.453 e. The molecule has 0 saturated carbocycles. The first kappa shape index (κ1) is 24.4. The summed E-state index contributed by atoms with van der Waals surface area (Å²) in [4.78, 5) is 16.6. The molecule has 0 aliphatic rings. The van der Waals surface area contributed by atoms with Crippen molar-refractivity contribution >= 4 is 65.1 Å². The number of amides is 1. The highest BCUT2D eigenvalue weighted by molar-refractivity contribution is 14.0. The summed E-state index contributed by atoms with van der Waals surface area (Å²) in [6.07, 6.45) is -0.484. The van der Waals surface area contributed by atoms with E-state index in [2.05, 4.69) is 25.7 Å². The fourth-order valence-electron chi connectivity index (χ4n) is 2.15. The molecule has 9 heteroatoms. The summed E-state index contributed by atoms with van der Waals surface area (Å²) in [7, 11) is 3.07. The normalized spacial score (nSPS) is 10.6. The summed E-state index contributed by atoms with van der Waals surface area (Å²) in [5, 5.41) is 9.91. The molecule has 6 nitrogen and oxygen atoms in total. The van der Waals surface area contributed by atoms with Gasteiger partial charge in [0, 0.05) is 41.5 Å². The molecule has 0 aliphatic heterocycles. The van der Waals surface area contributed by atoms with E-state index in [4.69, 9.17) is 11.6 Å². The molecule has 2 aromatic carbocycles. The molecule has 1 amide bonds. The summed E-state index contributed by atoms with van der Waals surface area (Å²) in [5.74, 6) is 1.65. The second kappa shape index (κ2) is 13.5. The molecule has 152 valence electrons. The monoisotopic (exact) mass is 534 g/mol. The SMILES string of the molecule is CN=C(NCCSc1ccc(Cl)cc1)NCc1ccc(NC(=O)OC)cc1.I. The van der Waals surface area contributed by atoms with Crippen LogP contribution in [0.4, 0.5) is 10.5 Å². The zero-order chi connectivity index (χ0) is 19.5. The third-order valence-corrected chi connectivity index (χ3v) is 4.81. The molecule has 0 aliphatic carbocycles. The van der Waals surface area contributed by atoms with Gasteiger partial charge >= 0.3 is 6.09 Å². The zero-order valence-electron chi connectivity index (χ0n) is 15.7. The van der Waals surface area contributed by atoms with Crippen molar-refractivity contribution < 1.29 is 9.53 Å². The van der Waals surface area contributed by atoms with Crippen LogP contribution in [0, 0.1) is 0 Å². The van der Waals surface area contributed by atoms with Gasteiger partial charge in [0.25, 0.3) is 0 Å². The van der Waals surface area contributed by atoms with Crippen LogP contribution in [0.25, 0.3) is 0 Å². The van der Waals surface area contributed by atoms with E-state index in [1.807, 2.05) is 48.5 Å². The highest BCUT2D eigenvalue weighted by Gasteiger charge is 2.02. The maximum absolute atomic E-state index is 11.2. The average Bonchev–Trinajstić information content (AvgIpc) is 2.69. The Labute approximate surface area is 191 Å². The first-order valence-electron chi connectivity index (χ1n) is 8.37. The minimum Gasteiger partial charge on any atom is -0.453 e. The van der Waals surface area contributed by atoms with Crippen LogP contribution in [0.3, 0.4) is 0 Å². The van der Waals surface area contributed by atoms with Gasteiger partial charge < -0.3 is 15.4 Å². The van der Waals surface area contributed by atoms with Crippen LogP contribution in [0.5, 0.6) is 0 Å². The molecule has 0 saturated heterocycles. The van der Waals surface area contributed by atoms with Crippen LogP contribution in [0.2, 0.25) is 5.02 Å². The number of anilines is 1. The zero-order valence-corrected chi connectivity index (χ0v) is 19.6. The first-order valence-corrected chi connectivity index (χ1v) is 9.74. The second-order valence-corrected chi connectivity index (χ2v) is 7.07. The Balaban J connectivity index is 0.00000392. The summed E-state index contributed by atoms with van der Waals surface area (Å²) in [5.41, 5.74) is 1.76. The number of hydrogen-bond donors (Lipinski definition) is 3. The van der Waals surface area contributed by atoms with Crippen molar-refractivity contribution in [1.29, 1.82) is 0 Å². The lowest BCUT2D eigenvalue weighted by molar-refractivity contribution is 0.187. The molecule has 0 bridgehead atoms. The molecule has 0 atom stereocenters. The molecule has 0 spiro atoms. The summed E-state index contributed by atoms with van der Waals surface area (Å²) < 4.78 is 4.56. The Kier molecular flexibility index (Phi) is 11.8. The van der Waals surface area contributed by atoms with E-state index in [9.17, 15) is 4.79 Å². The molecule has 3 N–H and O–H groups in total. The van der Waals surface area contributed by atoms with Crippen LogP contribution in [-0.4, -0.2) is 38.5 Å². The number of benzene rings is 2. The molecular weight excluding hydrogens is 511 g/mol. The number of hydrogen-bond acceptors (Lipinski definition) is 4. The fraction of sp³-hybridized carbons (Fsp3) is 0.263. The number of halogens is 2. The maximum Gasteiger partial charge on any atom is 0.411 e. The van der Waals surface area contributed by atoms with Crippen LogP contribution >= 0.6 is 47.3 Å². The third-order valence-electron chi connectivity index (χ3n) is 3.55. The van der Waals surface area contributed by atoms with Crippen LogP contribution in [0.1, 0.15) is 5.56 Å². The molecule has 0 heterocycles. The van der Waals surface area contributed by atoms with Crippen molar-refractivity contribution in [2.45, 2.75) is 11.4 Å². The van der Waals surface area contributed by atoms with Gasteiger partial charge in [0.05, 0.1) is 7.11 Å². The minimum absolute atomic E-state index is 0. The van der Waals surface area contributed by atoms with E-state index >= 15 is 0 Å². The Morgan fingerprint density at radius 2 is 1.79 bits per heavy atom. The van der Waals surface area contributed by atoms with Gasteiger partial charge in [-0.1, -0.05) is 23.7 Å². The number of ether oxygens (including phenoxy) is 1. The number of carbonyl (C=O) groups is 1. The predicted octanol–water partition coefficient (Wildman–Crippen LogP) is 4.59. The average molecular weight is 535 g/mol. The van der Waals surface area contributed by atoms with E-state index in [0.717, 1.165) is 28.8 Å². The van der Waals surface area contributed by atoms with E-state index in [1.165, 1.54) is 12.0 Å². The second-order valence-electron chi connectivity index (χ2n) is 5.47. The van der Waals surface area contributed by atoms with Gasteiger partial charge in [-0.3, -0.25) is 10.3 Å². The lowest BCUT2D eigenvalue weighted by Crippen LogP contribution is -2.37. The topological polar surface area (TPSA) is 74.8 Å². The van der Waals surface area contributed by atoms with Crippen molar-refractivity contribution in [2.24, 2.45) is 4.99 Å². The van der Waals surface area contributed by atoms with Gasteiger partial charge in [0.1, 0.15) is 0 Å². The molecule has 28 heavy (non-hydrogen) atoms. The number of rotatable bonds is 7. The number of methoxy groups -OCH3 is 1. The summed E-state index contributed by atoms with van der Waals surface area (Å²) in [6, 6.07) is 15.3. The van der Waals surface area contributed by atoms with E-state index < -0.39 is 6.09 Å². The van der Waals surface area contributed by atoms with E-state index in [1.54, 1.807) is 18.8 Å². The quantitative estimate of drug-likeness (QED) is 0.159. The van der Waals surface area contributed by atoms with Gasteiger partial charge in [0.2, 0.25) is 0 Å². The number of carbonyl (C=O) groups excluding carboxylic acids is 1. The minimum atomic E-state index is -0.484. The van der Waals surface area contributed by atoms with Gasteiger partial charge in [-0.05, 0) is 42.0 Å². The Bertz CT molecular complexity index is 758. The van der Waals surface area contributed by atoms with Crippen LogP contribution in [0.15, 0.2) is 58.4 Å². The standard InChI is InChI=1S/C19H23ClN4O2S.HI/c1-21-18(22-11-12-27-17-9-5-15(20)6-10-17)23-13-14-3-7-16(8-4-14)24-19(25)26-2;/h3-10H,11-13H2,1-2H3,(H,24,25)(H2,21,22,23);1H. The lowest BCUT2D eigenvalue weighted by atomic mass is 10.2. The van der Waals surface area contributed by atoms with E-state index in [-0.39, 0.29) is 24.0 Å². The third kappa shape index (κ3) is 9.03. The van der Waals surface area contributed by atoms with Crippen molar-refractivity contribution in [3.8, 4) is 0 Å². The molecule has 2 aromatic rings. The highest BCUT2D eigenvalue weighted by atomic mass is 127. The fourth-order valence-corrected chi connectivity index (χ4v) is 3.04. The van der Waals surface area contributed by atoms with Crippen molar-refractivity contribution in [2.75, 3.05) is 31.8 Å². The molecule has 0 fully saturated rings. The van der Waals surface area contributed by atoms with Crippen molar-refractivity contribution in [3.05, 3.63) is 59.1 Å². The number of aliphatic imine (C=N–C) groups is 1. The van der Waals surface area contributed by atoms with E-state index in [0.29, 0.717) is 12.2 Å². The summed E-state index contributed by atoms with van der Waals surface area (Å²) in [6.45, 7) is 1.41. The van der Waals surface area contributed by atoms with Gasteiger partial charge in [-0.15, -0.1) is 35.7 Å². The number of nitrogens with zero attached hydrogens (tertiary/aromatic N) is 1. The van der Waals surface area contributed by atoms with Crippen LogP contribution < -0.4 is 16.0 Å². The Hall–Kier alpha value is -1.65. The molecular formula is C19H24ClIN4O2S. The van der Waals surface area contributed by atoms with Gasteiger partial charge in [-0.2, -0.15) is 0 Å². The maximum atomic E-state index is 11.2. The van der Waals surface area contributed by atoms with Gasteiger partial charge in [-0.25, -0.2) is 4.79 Å². The Morgan fingerprint density at radius 1 is 1.11 bits per heavy atom. The number of guanidine groups is 1. The predicted molar refractivity (Wildman–Crippen MR) is 128 cm³/mol. The molecule has 0 aromatic heterocycles.